The number of carbonyl (C=O) groups is 1. The number of hydrogen-bond donors (Lipinski definition) is 1. The van der Waals surface area contributed by atoms with Crippen molar-refractivity contribution in [2.75, 3.05) is 0 Å². The molecule has 3 nitrogen and oxygen atoms in total. The van der Waals surface area contributed by atoms with Gasteiger partial charge in [-0.25, -0.2) is 4.79 Å². The van der Waals surface area contributed by atoms with Crippen LogP contribution in [0.3, 0.4) is 0 Å². The van der Waals surface area contributed by atoms with E-state index in [2.05, 4.69) is 11.9 Å². The fraction of sp³-hybridized carbons (Fsp3) is 0.250. The van der Waals surface area contributed by atoms with Gasteiger partial charge in [0.25, 0.3) is 0 Å². The van der Waals surface area contributed by atoms with Crippen LogP contribution >= 0.6 is 0 Å². The Morgan fingerprint density at radius 1 is 1.12 bits per heavy atom. The van der Waals surface area contributed by atoms with Crippen LogP contribution in [0.4, 0.5) is 18.0 Å². The molecule has 0 saturated heterocycles. The van der Waals surface area contributed by atoms with Gasteiger partial charge in [-0.2, -0.15) is 13.2 Å². The fourth-order valence-electron chi connectivity index (χ4n) is 2.42. The quantitative estimate of drug-likeness (QED) is 0.647. The maximum absolute atomic E-state index is 12.7. The molecule has 0 aliphatic carbocycles. The Balaban J connectivity index is 2.01. The summed E-state index contributed by atoms with van der Waals surface area (Å²) >= 11 is 0. The first-order valence-electron chi connectivity index (χ1n) is 8.15. The third-order valence-electron chi connectivity index (χ3n) is 3.80. The number of alkyl carbamates (subject to hydrolysis) is 1. The first-order valence-corrected chi connectivity index (χ1v) is 8.15. The lowest BCUT2D eigenvalue weighted by Gasteiger charge is -2.19. The summed E-state index contributed by atoms with van der Waals surface area (Å²) in [4.78, 5) is 12.1. The van der Waals surface area contributed by atoms with E-state index in [4.69, 9.17) is 4.74 Å². The molecule has 2 rings (SSSR count). The smallest absolute Gasteiger partial charge is 0.416 e. The van der Waals surface area contributed by atoms with Gasteiger partial charge in [-0.15, -0.1) is 6.58 Å². The molecule has 0 aromatic heterocycles. The molecule has 0 saturated carbocycles. The molecule has 2 aromatic rings. The second-order valence-electron chi connectivity index (χ2n) is 5.74. The highest BCUT2D eigenvalue weighted by Gasteiger charge is 2.30. The van der Waals surface area contributed by atoms with Crippen molar-refractivity contribution in [1.29, 1.82) is 0 Å². The second kappa shape index (κ2) is 9.08. The standard InChI is InChI=1S/C20H20F3NO2/c1-2-3-9-18(16-10-12-17(13-11-16)20(21,22)23)24-19(25)26-14-15-7-5-4-6-8-15/h2,4-8,10-13,18H,1,3,9,14H2,(H,24,25). The van der Waals surface area contributed by atoms with Gasteiger partial charge in [0.2, 0.25) is 0 Å². The predicted molar refractivity (Wildman–Crippen MR) is 93.4 cm³/mol. The van der Waals surface area contributed by atoms with Gasteiger partial charge >= 0.3 is 12.3 Å². The molecule has 0 radical (unpaired) electrons. The Hall–Kier alpha value is -2.76. The molecule has 0 aliphatic rings. The van der Waals surface area contributed by atoms with Crippen molar-refractivity contribution in [2.45, 2.75) is 31.7 Å². The van der Waals surface area contributed by atoms with Gasteiger partial charge in [0, 0.05) is 0 Å². The molecule has 138 valence electrons. The number of ether oxygens (including phenoxy) is 1. The number of benzene rings is 2. The molecule has 26 heavy (non-hydrogen) atoms. The lowest BCUT2D eigenvalue weighted by atomic mass is 10.0. The van der Waals surface area contributed by atoms with E-state index in [1.807, 2.05) is 30.3 Å². The maximum Gasteiger partial charge on any atom is 0.416 e. The zero-order valence-electron chi connectivity index (χ0n) is 14.1. The van der Waals surface area contributed by atoms with Gasteiger partial charge < -0.3 is 10.1 Å². The van der Waals surface area contributed by atoms with Crippen molar-refractivity contribution in [3.63, 3.8) is 0 Å². The highest BCUT2D eigenvalue weighted by Crippen LogP contribution is 2.30. The van der Waals surface area contributed by atoms with Crippen LogP contribution in [0.15, 0.2) is 67.3 Å². The van der Waals surface area contributed by atoms with Gasteiger partial charge in [0.15, 0.2) is 0 Å². The molecule has 1 N–H and O–H groups in total. The van der Waals surface area contributed by atoms with E-state index >= 15 is 0 Å². The SMILES string of the molecule is C=CCCC(NC(=O)OCc1ccccc1)c1ccc(C(F)(F)F)cc1. The largest absolute Gasteiger partial charge is 0.445 e. The van der Waals surface area contributed by atoms with Gasteiger partial charge in [0.05, 0.1) is 11.6 Å². The first-order chi connectivity index (χ1) is 12.4. The molecular weight excluding hydrogens is 343 g/mol. The minimum atomic E-state index is -4.39. The number of amides is 1. The monoisotopic (exact) mass is 363 g/mol. The van der Waals surface area contributed by atoms with E-state index in [-0.39, 0.29) is 6.61 Å². The van der Waals surface area contributed by atoms with E-state index in [1.54, 1.807) is 6.08 Å². The fourth-order valence-corrected chi connectivity index (χ4v) is 2.42. The second-order valence-corrected chi connectivity index (χ2v) is 5.74. The van der Waals surface area contributed by atoms with Crippen molar-refractivity contribution in [2.24, 2.45) is 0 Å². The van der Waals surface area contributed by atoms with Crippen molar-refractivity contribution in [1.82, 2.24) is 5.32 Å². The van der Waals surface area contributed by atoms with E-state index in [9.17, 15) is 18.0 Å². The van der Waals surface area contributed by atoms with Crippen LogP contribution in [-0.4, -0.2) is 6.09 Å². The normalized spacial score (nSPS) is 12.3. The molecule has 1 atom stereocenters. The summed E-state index contributed by atoms with van der Waals surface area (Å²) in [5.74, 6) is 0. The Kier molecular flexibility index (Phi) is 6.83. The molecule has 2 aromatic carbocycles. The maximum atomic E-state index is 12.7. The van der Waals surface area contributed by atoms with Crippen molar-refractivity contribution in [3.05, 3.63) is 83.9 Å². The molecule has 0 bridgehead atoms. The lowest BCUT2D eigenvalue weighted by molar-refractivity contribution is -0.137. The minimum Gasteiger partial charge on any atom is -0.445 e. The Morgan fingerprint density at radius 2 is 1.77 bits per heavy atom. The zero-order valence-corrected chi connectivity index (χ0v) is 14.1. The van der Waals surface area contributed by atoms with Gasteiger partial charge in [0.1, 0.15) is 6.61 Å². The Morgan fingerprint density at radius 3 is 2.35 bits per heavy atom. The van der Waals surface area contributed by atoms with Crippen molar-refractivity contribution in [3.8, 4) is 0 Å². The molecule has 1 amide bonds. The third-order valence-corrected chi connectivity index (χ3v) is 3.80. The minimum absolute atomic E-state index is 0.119. The van der Waals surface area contributed by atoms with Crippen LogP contribution in [0.1, 0.15) is 35.6 Å². The predicted octanol–water partition coefficient (Wildman–Crippen LogP) is 5.64. The molecular formula is C20H20F3NO2. The highest BCUT2D eigenvalue weighted by atomic mass is 19.4. The summed E-state index contributed by atoms with van der Waals surface area (Å²) in [6, 6.07) is 13.5. The van der Waals surface area contributed by atoms with Gasteiger partial charge in [-0.1, -0.05) is 48.5 Å². The lowest BCUT2D eigenvalue weighted by Crippen LogP contribution is -2.29. The molecule has 0 aliphatic heterocycles. The number of hydrogen-bond acceptors (Lipinski definition) is 2. The number of rotatable bonds is 7. The van der Waals surface area contributed by atoms with Crippen LogP contribution in [0, 0.1) is 0 Å². The summed E-state index contributed by atoms with van der Waals surface area (Å²) in [6.07, 6.45) is -2.21. The van der Waals surface area contributed by atoms with Gasteiger partial charge in [-0.3, -0.25) is 0 Å². The topological polar surface area (TPSA) is 38.3 Å². The molecule has 0 heterocycles. The number of carbonyl (C=O) groups excluding carboxylic acids is 1. The highest BCUT2D eigenvalue weighted by molar-refractivity contribution is 5.68. The Bertz CT molecular complexity index is 712. The molecule has 6 heteroatoms. The van der Waals surface area contributed by atoms with Crippen LogP contribution < -0.4 is 5.32 Å². The summed E-state index contributed by atoms with van der Waals surface area (Å²) < 4.78 is 43.3. The summed E-state index contributed by atoms with van der Waals surface area (Å²) in [5, 5.41) is 2.71. The van der Waals surface area contributed by atoms with E-state index in [0.717, 1.165) is 17.7 Å². The van der Waals surface area contributed by atoms with Crippen molar-refractivity contribution >= 4 is 6.09 Å². The third kappa shape index (κ3) is 5.95. The molecule has 0 fully saturated rings. The van der Waals surface area contributed by atoms with E-state index < -0.39 is 23.9 Å². The first kappa shape index (κ1) is 19.6. The number of halogens is 3. The summed E-state index contributed by atoms with van der Waals surface area (Å²) in [7, 11) is 0. The van der Waals surface area contributed by atoms with Crippen LogP contribution in [0.5, 0.6) is 0 Å². The van der Waals surface area contributed by atoms with Crippen LogP contribution in [0.25, 0.3) is 0 Å². The average molecular weight is 363 g/mol. The van der Waals surface area contributed by atoms with E-state index in [0.29, 0.717) is 18.4 Å². The molecule has 0 spiro atoms. The Labute approximate surface area is 150 Å². The number of alkyl halides is 3. The van der Waals surface area contributed by atoms with Gasteiger partial charge in [-0.05, 0) is 36.1 Å². The van der Waals surface area contributed by atoms with Crippen LogP contribution in [0.2, 0.25) is 0 Å². The summed E-state index contributed by atoms with van der Waals surface area (Å²) in [6.45, 7) is 3.75. The average Bonchev–Trinajstić information content (AvgIpc) is 2.63. The summed E-state index contributed by atoms with van der Waals surface area (Å²) in [5.41, 5.74) is 0.701. The van der Waals surface area contributed by atoms with Crippen LogP contribution in [-0.2, 0) is 17.5 Å². The number of allylic oxidation sites excluding steroid dienone is 1. The van der Waals surface area contributed by atoms with Crippen molar-refractivity contribution < 1.29 is 22.7 Å². The zero-order chi connectivity index (χ0) is 19.0. The number of nitrogens with one attached hydrogen (secondary N) is 1. The van der Waals surface area contributed by atoms with E-state index in [1.165, 1.54) is 12.1 Å². The molecule has 1 unspecified atom stereocenters.